The molecule has 0 aromatic carbocycles. The van der Waals surface area contributed by atoms with Gasteiger partial charge in [0.05, 0.1) is 11.2 Å². The molecule has 1 aromatic heterocycles. The molecule has 1 aromatic rings. The van der Waals surface area contributed by atoms with Gasteiger partial charge in [0.15, 0.2) is 0 Å². The Bertz CT molecular complexity index is 314. The van der Waals surface area contributed by atoms with Gasteiger partial charge in [-0.3, -0.25) is 0 Å². The normalized spacial score (nSPS) is 16.8. The van der Waals surface area contributed by atoms with E-state index in [1.165, 1.54) is 19.3 Å². The van der Waals surface area contributed by atoms with E-state index >= 15 is 0 Å². The maximum absolute atomic E-state index is 5.77. The average Bonchev–Trinajstić information content (AvgIpc) is 2.04. The molecule has 0 aliphatic heterocycles. The first-order valence-corrected chi connectivity index (χ1v) is 5.37. The highest BCUT2D eigenvalue weighted by atomic mass is 79.9. The molecule has 0 saturated heterocycles. The Labute approximate surface area is 90.0 Å². The van der Waals surface area contributed by atoms with Crippen LogP contribution < -0.4 is 5.32 Å². The van der Waals surface area contributed by atoms with Crippen LogP contribution in [-0.2, 0) is 0 Å². The fraction of sp³-hybridized carbons (Fsp3) is 0.500. The molecule has 70 valence electrons. The average molecular weight is 263 g/mol. The van der Waals surface area contributed by atoms with Gasteiger partial charge in [-0.1, -0.05) is 11.6 Å². The molecular weight excluding hydrogens is 253 g/mol. The molecule has 2 rings (SSSR count). The standard InChI is InChI=1S/C8H9BrClN3/c9-7-6(10)4-11-8(13-7)12-5-2-1-3-5/h4-5H,1-3H2,(H,11,12,13). The predicted molar refractivity (Wildman–Crippen MR) is 56.0 cm³/mol. The second-order valence-electron chi connectivity index (χ2n) is 3.10. The second-order valence-corrected chi connectivity index (χ2v) is 4.26. The van der Waals surface area contributed by atoms with Crippen LogP contribution in [0.3, 0.4) is 0 Å². The first kappa shape index (κ1) is 9.21. The van der Waals surface area contributed by atoms with Crippen molar-refractivity contribution in [3.63, 3.8) is 0 Å². The molecule has 0 bridgehead atoms. The SMILES string of the molecule is Clc1cnc(NC2CCC2)nc1Br. The molecule has 1 heterocycles. The molecule has 1 fully saturated rings. The largest absolute Gasteiger partial charge is 0.351 e. The van der Waals surface area contributed by atoms with E-state index in [-0.39, 0.29) is 0 Å². The third-order valence-electron chi connectivity index (χ3n) is 2.14. The summed E-state index contributed by atoms with van der Waals surface area (Å²) in [6, 6.07) is 0.549. The number of rotatable bonds is 2. The van der Waals surface area contributed by atoms with Crippen LogP contribution in [0.15, 0.2) is 10.8 Å². The first-order chi connectivity index (χ1) is 6.25. The monoisotopic (exact) mass is 261 g/mol. The minimum Gasteiger partial charge on any atom is -0.351 e. The molecule has 0 unspecified atom stereocenters. The Morgan fingerprint density at radius 2 is 2.31 bits per heavy atom. The Hall–Kier alpha value is -0.350. The second kappa shape index (κ2) is 3.80. The summed E-state index contributed by atoms with van der Waals surface area (Å²) in [6.07, 6.45) is 5.32. The third kappa shape index (κ3) is 2.11. The first-order valence-electron chi connectivity index (χ1n) is 4.20. The van der Waals surface area contributed by atoms with Gasteiger partial charge in [0.2, 0.25) is 5.95 Å². The van der Waals surface area contributed by atoms with Gasteiger partial charge in [0.25, 0.3) is 0 Å². The number of aromatic nitrogens is 2. The van der Waals surface area contributed by atoms with Crippen molar-refractivity contribution in [2.24, 2.45) is 0 Å². The Kier molecular flexibility index (Phi) is 2.69. The number of anilines is 1. The van der Waals surface area contributed by atoms with Gasteiger partial charge < -0.3 is 5.32 Å². The van der Waals surface area contributed by atoms with Crippen molar-refractivity contribution < 1.29 is 0 Å². The minimum absolute atomic E-state index is 0.541. The summed E-state index contributed by atoms with van der Waals surface area (Å²) in [5, 5.41) is 3.78. The van der Waals surface area contributed by atoms with Gasteiger partial charge >= 0.3 is 0 Å². The zero-order valence-corrected chi connectivity index (χ0v) is 9.27. The van der Waals surface area contributed by atoms with Crippen LogP contribution in [0.4, 0.5) is 5.95 Å². The summed E-state index contributed by atoms with van der Waals surface area (Å²) in [7, 11) is 0. The van der Waals surface area contributed by atoms with E-state index in [1.54, 1.807) is 6.20 Å². The van der Waals surface area contributed by atoms with E-state index in [2.05, 4.69) is 31.2 Å². The van der Waals surface area contributed by atoms with Crippen molar-refractivity contribution in [2.45, 2.75) is 25.3 Å². The molecule has 0 radical (unpaired) electrons. The molecule has 0 amide bonds. The van der Waals surface area contributed by atoms with Crippen LogP contribution in [-0.4, -0.2) is 16.0 Å². The summed E-state index contributed by atoms with van der Waals surface area (Å²) >= 11 is 9.02. The van der Waals surface area contributed by atoms with E-state index in [9.17, 15) is 0 Å². The molecule has 0 spiro atoms. The summed E-state index contributed by atoms with van der Waals surface area (Å²) < 4.78 is 0.644. The Balaban J connectivity index is 2.07. The van der Waals surface area contributed by atoms with Crippen molar-refractivity contribution in [1.82, 2.24) is 9.97 Å². The Morgan fingerprint density at radius 3 is 2.85 bits per heavy atom. The zero-order valence-electron chi connectivity index (χ0n) is 6.93. The van der Waals surface area contributed by atoms with Gasteiger partial charge in [-0.05, 0) is 35.2 Å². The third-order valence-corrected chi connectivity index (χ3v) is 3.25. The van der Waals surface area contributed by atoms with Gasteiger partial charge in [-0.15, -0.1) is 0 Å². The Morgan fingerprint density at radius 1 is 1.54 bits per heavy atom. The lowest BCUT2D eigenvalue weighted by atomic mass is 9.93. The van der Waals surface area contributed by atoms with Gasteiger partial charge in [-0.2, -0.15) is 0 Å². The number of nitrogens with zero attached hydrogens (tertiary/aromatic N) is 2. The predicted octanol–water partition coefficient (Wildman–Crippen LogP) is 2.86. The van der Waals surface area contributed by atoms with Gasteiger partial charge in [-0.25, -0.2) is 9.97 Å². The lowest BCUT2D eigenvalue weighted by Crippen LogP contribution is -2.27. The van der Waals surface area contributed by atoms with Crippen LogP contribution in [0.2, 0.25) is 5.02 Å². The van der Waals surface area contributed by atoms with Crippen molar-refractivity contribution >= 4 is 33.5 Å². The molecule has 5 heteroatoms. The summed E-state index contributed by atoms with van der Waals surface area (Å²) in [6.45, 7) is 0. The minimum atomic E-state index is 0.541. The van der Waals surface area contributed by atoms with Crippen LogP contribution >= 0.6 is 27.5 Å². The van der Waals surface area contributed by atoms with Crippen LogP contribution in [0, 0.1) is 0 Å². The molecule has 1 aliphatic rings. The number of halogens is 2. The summed E-state index contributed by atoms with van der Waals surface area (Å²) in [5.41, 5.74) is 0. The highest BCUT2D eigenvalue weighted by Crippen LogP contribution is 2.24. The fourth-order valence-electron chi connectivity index (χ4n) is 1.15. The zero-order chi connectivity index (χ0) is 9.26. The van der Waals surface area contributed by atoms with Crippen molar-refractivity contribution in [3.8, 4) is 0 Å². The maximum Gasteiger partial charge on any atom is 0.224 e. The van der Waals surface area contributed by atoms with Crippen LogP contribution in [0.25, 0.3) is 0 Å². The molecular formula is C8H9BrClN3. The van der Waals surface area contributed by atoms with Crippen LogP contribution in [0.1, 0.15) is 19.3 Å². The van der Waals surface area contributed by atoms with E-state index in [0.29, 0.717) is 21.6 Å². The highest BCUT2D eigenvalue weighted by Gasteiger charge is 2.17. The molecule has 1 saturated carbocycles. The lowest BCUT2D eigenvalue weighted by molar-refractivity contribution is 0.443. The topological polar surface area (TPSA) is 37.8 Å². The summed E-state index contributed by atoms with van der Waals surface area (Å²) in [5.74, 6) is 0.654. The van der Waals surface area contributed by atoms with Crippen LogP contribution in [0.5, 0.6) is 0 Å². The smallest absolute Gasteiger partial charge is 0.224 e. The lowest BCUT2D eigenvalue weighted by Gasteiger charge is -2.26. The molecule has 1 N–H and O–H groups in total. The van der Waals surface area contributed by atoms with Gasteiger partial charge in [0, 0.05) is 6.04 Å². The molecule has 3 nitrogen and oxygen atoms in total. The van der Waals surface area contributed by atoms with E-state index in [1.807, 2.05) is 0 Å². The quantitative estimate of drug-likeness (QED) is 0.833. The van der Waals surface area contributed by atoms with E-state index < -0.39 is 0 Å². The number of hydrogen-bond donors (Lipinski definition) is 1. The summed E-state index contributed by atoms with van der Waals surface area (Å²) in [4.78, 5) is 8.23. The molecule has 13 heavy (non-hydrogen) atoms. The van der Waals surface area contributed by atoms with Gasteiger partial charge in [0.1, 0.15) is 4.60 Å². The van der Waals surface area contributed by atoms with Crippen molar-refractivity contribution in [2.75, 3.05) is 5.32 Å². The fourth-order valence-corrected chi connectivity index (χ4v) is 1.51. The highest BCUT2D eigenvalue weighted by molar-refractivity contribution is 9.10. The van der Waals surface area contributed by atoms with E-state index in [4.69, 9.17) is 11.6 Å². The number of hydrogen-bond acceptors (Lipinski definition) is 3. The molecule has 1 aliphatic carbocycles. The maximum atomic E-state index is 5.77. The molecule has 0 atom stereocenters. The number of nitrogens with one attached hydrogen (secondary N) is 1. The van der Waals surface area contributed by atoms with E-state index in [0.717, 1.165) is 0 Å². The van der Waals surface area contributed by atoms with Crippen molar-refractivity contribution in [1.29, 1.82) is 0 Å². The van der Waals surface area contributed by atoms with Crippen molar-refractivity contribution in [3.05, 3.63) is 15.8 Å².